The fourth-order valence-corrected chi connectivity index (χ4v) is 2.55. The molecule has 0 atom stereocenters. The van der Waals surface area contributed by atoms with Gasteiger partial charge in [-0.2, -0.15) is 17.9 Å². The molecule has 13 heteroatoms. The summed E-state index contributed by atoms with van der Waals surface area (Å²) in [5.41, 5.74) is -1.17. The number of amides is 1. The van der Waals surface area contributed by atoms with Gasteiger partial charge < -0.3 is 24.9 Å². The van der Waals surface area contributed by atoms with Crippen LogP contribution in [0.15, 0.2) is 28.9 Å². The highest BCUT2D eigenvalue weighted by atomic mass is 79.9. The van der Waals surface area contributed by atoms with Crippen LogP contribution in [-0.2, 0) is 22.3 Å². The zero-order valence-corrected chi connectivity index (χ0v) is 15.9. The Morgan fingerprint density at radius 3 is 2.68 bits per heavy atom. The summed E-state index contributed by atoms with van der Waals surface area (Å²) >= 11 is 2.94. The molecule has 9 nitrogen and oxygen atoms in total. The highest BCUT2D eigenvalue weighted by Crippen LogP contribution is 2.35. The van der Waals surface area contributed by atoms with E-state index >= 15 is 0 Å². The fourth-order valence-electron chi connectivity index (χ4n) is 2.09. The minimum Gasteiger partial charge on any atom is -0.489 e. The number of hydrogen-bond donors (Lipinski definition) is 1. The molecule has 0 unspecified atom stereocenters. The first-order chi connectivity index (χ1) is 13.1. The highest BCUT2D eigenvalue weighted by molar-refractivity contribution is 9.10. The second-order valence-corrected chi connectivity index (χ2v) is 6.21. The Kier molecular flexibility index (Phi) is 6.96. The van der Waals surface area contributed by atoms with Crippen molar-refractivity contribution in [2.24, 2.45) is 0 Å². The number of benzene rings is 1. The summed E-state index contributed by atoms with van der Waals surface area (Å²) in [5.74, 6) is -1.22. The summed E-state index contributed by atoms with van der Waals surface area (Å²) < 4.78 is 50.1. The van der Waals surface area contributed by atoms with Crippen molar-refractivity contribution in [2.45, 2.75) is 12.7 Å². The van der Waals surface area contributed by atoms with E-state index in [9.17, 15) is 28.1 Å². The molecule has 1 aromatic heterocycles. The predicted octanol–water partition coefficient (Wildman–Crippen LogP) is 3.24. The Bertz CT molecular complexity index is 872. The first kappa shape index (κ1) is 21.6. The van der Waals surface area contributed by atoms with Gasteiger partial charge in [-0.1, -0.05) is 0 Å². The number of alkyl halides is 3. The normalized spacial score (nSPS) is 11.3. The van der Waals surface area contributed by atoms with Crippen molar-refractivity contribution < 1.29 is 32.4 Å². The highest BCUT2D eigenvalue weighted by Gasteiger charge is 2.31. The van der Waals surface area contributed by atoms with Gasteiger partial charge in [-0.05, 0) is 39.1 Å². The zero-order valence-electron chi connectivity index (χ0n) is 14.3. The minimum atomic E-state index is -4.61. The van der Waals surface area contributed by atoms with Gasteiger partial charge in [0.05, 0.1) is 29.2 Å². The third-order valence-electron chi connectivity index (χ3n) is 3.30. The van der Waals surface area contributed by atoms with Crippen molar-refractivity contribution in [3.05, 3.63) is 44.5 Å². The smallest absolute Gasteiger partial charge is 0.416 e. The second kappa shape index (κ2) is 9.01. The molecule has 0 radical (unpaired) electrons. The van der Waals surface area contributed by atoms with Crippen molar-refractivity contribution in [1.29, 1.82) is 0 Å². The van der Waals surface area contributed by atoms with Crippen LogP contribution in [0.3, 0.4) is 0 Å². The van der Waals surface area contributed by atoms with E-state index in [0.717, 1.165) is 22.9 Å². The Hall–Kier alpha value is -2.67. The molecule has 0 saturated carbocycles. The molecule has 0 bridgehead atoms. The maximum absolute atomic E-state index is 13.0. The largest absolute Gasteiger partial charge is 0.489 e. The minimum absolute atomic E-state index is 0.0195. The number of methoxy groups -OCH3 is 1. The first-order valence-electron chi connectivity index (χ1n) is 7.62. The zero-order chi connectivity index (χ0) is 20.9. The second-order valence-electron chi connectivity index (χ2n) is 5.35. The topological polar surface area (TPSA) is 109 Å². The first-order valence-corrected chi connectivity index (χ1v) is 8.41. The van der Waals surface area contributed by atoms with Crippen LogP contribution in [0.5, 0.6) is 5.75 Å². The molecule has 1 aromatic carbocycles. The Labute approximate surface area is 164 Å². The van der Waals surface area contributed by atoms with Crippen LogP contribution in [0, 0.1) is 10.1 Å². The molecule has 1 N–H and O–H groups in total. The monoisotopic (exact) mass is 466 g/mol. The quantitative estimate of drug-likeness (QED) is 0.363. The van der Waals surface area contributed by atoms with Gasteiger partial charge in [0.15, 0.2) is 0 Å². The van der Waals surface area contributed by atoms with Crippen molar-refractivity contribution in [3.63, 3.8) is 0 Å². The van der Waals surface area contributed by atoms with E-state index in [-0.39, 0.29) is 29.1 Å². The molecule has 2 rings (SSSR count). The van der Waals surface area contributed by atoms with Crippen LogP contribution in [-0.4, -0.2) is 40.9 Å². The summed E-state index contributed by atoms with van der Waals surface area (Å²) in [6.07, 6.45) is -3.40. The van der Waals surface area contributed by atoms with Crippen LogP contribution in [0.25, 0.3) is 0 Å². The average Bonchev–Trinajstić information content (AvgIpc) is 2.95. The number of nitrogens with zero attached hydrogens (tertiary/aromatic N) is 3. The Balaban J connectivity index is 2.20. The third kappa shape index (κ3) is 5.66. The number of carbonyl (C=O) groups is 1. The van der Waals surface area contributed by atoms with Crippen LogP contribution < -0.4 is 10.1 Å². The molecule has 1 heterocycles. The Morgan fingerprint density at radius 1 is 1.39 bits per heavy atom. The molecule has 0 aliphatic carbocycles. The van der Waals surface area contributed by atoms with Crippen LogP contribution in [0.1, 0.15) is 5.56 Å². The van der Waals surface area contributed by atoms with Gasteiger partial charge in [-0.15, -0.1) is 0 Å². The lowest BCUT2D eigenvalue weighted by atomic mass is 10.1. The number of ether oxygens (including phenoxy) is 2. The summed E-state index contributed by atoms with van der Waals surface area (Å²) in [5, 5.41) is 16.7. The molecule has 0 saturated heterocycles. The van der Waals surface area contributed by atoms with Crippen molar-refractivity contribution >= 4 is 33.3 Å². The van der Waals surface area contributed by atoms with E-state index in [0.29, 0.717) is 0 Å². The van der Waals surface area contributed by atoms with E-state index in [1.807, 2.05) is 0 Å². The molecular weight excluding hydrogens is 453 g/mol. The van der Waals surface area contributed by atoms with Crippen molar-refractivity contribution in [2.75, 3.05) is 25.6 Å². The van der Waals surface area contributed by atoms with E-state index in [1.165, 1.54) is 13.3 Å². The fraction of sp³-hybridized carbons (Fsp3) is 0.333. The molecule has 2 aromatic rings. The van der Waals surface area contributed by atoms with Crippen molar-refractivity contribution in [3.8, 4) is 5.75 Å². The summed E-state index contributed by atoms with van der Waals surface area (Å²) in [6, 6.07) is 2.65. The van der Waals surface area contributed by atoms with Gasteiger partial charge >= 0.3 is 12.0 Å². The van der Waals surface area contributed by atoms with E-state index in [2.05, 4.69) is 26.3 Å². The molecule has 0 aliphatic heterocycles. The molecular formula is C15H14BrF3N4O5. The molecule has 28 heavy (non-hydrogen) atoms. The molecule has 1 amide bonds. The number of nitro groups is 1. The van der Waals surface area contributed by atoms with Gasteiger partial charge in [0.2, 0.25) is 5.91 Å². The van der Waals surface area contributed by atoms with Gasteiger partial charge in [-0.25, -0.2) is 0 Å². The number of carbonyl (C=O) groups excluding carboxylic acids is 1. The lowest BCUT2D eigenvalue weighted by Gasteiger charge is -2.15. The maximum Gasteiger partial charge on any atom is 0.416 e. The van der Waals surface area contributed by atoms with E-state index in [1.54, 1.807) is 0 Å². The van der Waals surface area contributed by atoms with Gasteiger partial charge in [0.25, 0.3) is 0 Å². The van der Waals surface area contributed by atoms with Crippen LogP contribution in [0.4, 0.5) is 24.7 Å². The van der Waals surface area contributed by atoms with Gasteiger partial charge in [0.1, 0.15) is 23.4 Å². The Morgan fingerprint density at radius 2 is 2.11 bits per heavy atom. The molecule has 0 aliphatic rings. The summed E-state index contributed by atoms with van der Waals surface area (Å²) in [6.45, 7) is -0.206. The number of rotatable bonds is 8. The van der Waals surface area contributed by atoms with Crippen molar-refractivity contribution in [1.82, 2.24) is 9.78 Å². The third-order valence-corrected chi connectivity index (χ3v) is 3.86. The molecule has 152 valence electrons. The number of hydrogen-bond acceptors (Lipinski definition) is 6. The van der Waals surface area contributed by atoms with Gasteiger partial charge in [0, 0.05) is 7.11 Å². The lowest BCUT2D eigenvalue weighted by molar-refractivity contribution is -0.390. The van der Waals surface area contributed by atoms with E-state index < -0.39 is 34.9 Å². The van der Waals surface area contributed by atoms with Crippen LogP contribution in [0.2, 0.25) is 0 Å². The van der Waals surface area contributed by atoms with Gasteiger partial charge in [-0.3, -0.25) is 4.79 Å². The average molecular weight is 467 g/mol. The molecule has 0 fully saturated rings. The number of nitrogens with one attached hydrogen (secondary N) is 1. The number of aromatic nitrogens is 2. The lowest BCUT2D eigenvalue weighted by Crippen LogP contribution is -2.20. The summed E-state index contributed by atoms with van der Waals surface area (Å²) in [7, 11) is 1.43. The maximum atomic E-state index is 13.0. The predicted molar refractivity (Wildman–Crippen MR) is 94.0 cm³/mol. The standard InChI is InChI=1S/C15H14BrF3N4O5/c1-27-4-5-28-12-3-2-9(15(17,18)19)6-11(12)20-13(24)8-22-7-10(16)14(21-22)23(25)26/h2-3,6-7H,4-5,8H2,1H3,(H,20,24). The molecule has 0 spiro atoms. The number of halogens is 4. The van der Waals surface area contributed by atoms with Crippen LogP contribution >= 0.6 is 15.9 Å². The number of anilines is 1. The SMILES string of the molecule is COCCOc1ccc(C(F)(F)F)cc1NC(=O)Cn1cc(Br)c([N+](=O)[O-])n1. The van der Waals surface area contributed by atoms with E-state index in [4.69, 9.17) is 9.47 Å². The summed E-state index contributed by atoms with van der Waals surface area (Å²) in [4.78, 5) is 22.2.